The zero-order chi connectivity index (χ0) is 14.4. The first kappa shape index (κ1) is 14.8. The van der Waals surface area contributed by atoms with Gasteiger partial charge in [0.25, 0.3) is 0 Å². The fraction of sp³-hybridized carbons (Fsp3) is 0.438. The fourth-order valence-electron chi connectivity index (χ4n) is 2.41. The Morgan fingerprint density at radius 3 is 2.75 bits per heavy atom. The van der Waals surface area contributed by atoms with Gasteiger partial charge < -0.3 is 10.2 Å². The van der Waals surface area contributed by atoms with Gasteiger partial charge in [-0.1, -0.05) is 13.0 Å². The van der Waals surface area contributed by atoms with Crippen molar-refractivity contribution in [3.8, 4) is 0 Å². The van der Waals surface area contributed by atoms with Crippen LogP contribution in [0.25, 0.3) is 0 Å². The lowest BCUT2D eigenvalue weighted by molar-refractivity contribution is 0.184. The summed E-state index contributed by atoms with van der Waals surface area (Å²) in [5.74, 6) is 0.933. The van der Waals surface area contributed by atoms with Crippen LogP contribution in [0.5, 0.6) is 0 Å². The second-order valence-corrected chi connectivity index (χ2v) is 5.08. The van der Waals surface area contributed by atoms with Crippen molar-refractivity contribution in [1.82, 2.24) is 9.88 Å². The summed E-state index contributed by atoms with van der Waals surface area (Å²) in [7, 11) is 2.09. The molecule has 2 aromatic heterocycles. The summed E-state index contributed by atoms with van der Waals surface area (Å²) in [5, 5.41) is 0. The Labute approximate surface area is 120 Å². The number of hydrogen-bond donors (Lipinski definition) is 1. The van der Waals surface area contributed by atoms with Crippen LogP contribution in [0, 0.1) is 0 Å². The standard InChI is InChI=1S/C16H23N3O/c1-3-14(17)16(15-8-6-12-20-15)19(2)11-9-13-7-4-5-10-18-13/h4-8,10,12,14,16H,3,9,11,17H2,1-2H3. The highest BCUT2D eigenvalue weighted by molar-refractivity contribution is 5.08. The molecular formula is C16H23N3O. The smallest absolute Gasteiger partial charge is 0.122 e. The minimum atomic E-state index is 0.0647. The van der Waals surface area contributed by atoms with E-state index >= 15 is 0 Å². The molecule has 0 amide bonds. The largest absolute Gasteiger partial charge is 0.468 e. The molecule has 0 aliphatic rings. The average Bonchev–Trinajstić information content (AvgIpc) is 3.00. The highest BCUT2D eigenvalue weighted by atomic mass is 16.3. The van der Waals surface area contributed by atoms with Crippen molar-refractivity contribution < 1.29 is 4.42 Å². The molecule has 0 aromatic carbocycles. The van der Waals surface area contributed by atoms with Gasteiger partial charge in [0, 0.05) is 30.9 Å². The van der Waals surface area contributed by atoms with E-state index in [1.807, 2.05) is 30.5 Å². The van der Waals surface area contributed by atoms with Crippen LogP contribution in [-0.2, 0) is 6.42 Å². The molecule has 0 bridgehead atoms. The van der Waals surface area contributed by atoms with Crippen LogP contribution in [0.4, 0.5) is 0 Å². The first-order valence-corrected chi connectivity index (χ1v) is 7.11. The van der Waals surface area contributed by atoms with Crippen LogP contribution in [-0.4, -0.2) is 29.5 Å². The molecule has 0 saturated heterocycles. The molecule has 0 aliphatic carbocycles. The van der Waals surface area contributed by atoms with Gasteiger partial charge in [-0.2, -0.15) is 0 Å². The van der Waals surface area contributed by atoms with E-state index < -0.39 is 0 Å². The highest BCUT2D eigenvalue weighted by Gasteiger charge is 2.25. The van der Waals surface area contributed by atoms with Crippen LogP contribution in [0.3, 0.4) is 0 Å². The molecule has 2 unspecified atom stereocenters. The lowest BCUT2D eigenvalue weighted by atomic mass is 10.0. The molecule has 0 aliphatic heterocycles. The molecule has 4 heteroatoms. The van der Waals surface area contributed by atoms with Gasteiger partial charge >= 0.3 is 0 Å². The van der Waals surface area contributed by atoms with E-state index in [9.17, 15) is 0 Å². The third kappa shape index (κ3) is 3.68. The van der Waals surface area contributed by atoms with Crippen LogP contribution in [0.15, 0.2) is 47.2 Å². The van der Waals surface area contributed by atoms with E-state index in [0.29, 0.717) is 0 Å². The van der Waals surface area contributed by atoms with Gasteiger partial charge in [0.2, 0.25) is 0 Å². The summed E-state index contributed by atoms with van der Waals surface area (Å²) >= 11 is 0. The molecule has 0 fully saturated rings. The quantitative estimate of drug-likeness (QED) is 0.842. The highest BCUT2D eigenvalue weighted by Crippen LogP contribution is 2.24. The summed E-state index contributed by atoms with van der Waals surface area (Å²) < 4.78 is 5.55. The molecular weight excluding hydrogens is 250 g/mol. The Bertz CT molecular complexity index is 484. The number of nitrogens with two attached hydrogens (primary N) is 1. The molecule has 2 rings (SSSR count). The predicted octanol–water partition coefficient (Wildman–Crippen LogP) is 2.63. The summed E-state index contributed by atoms with van der Waals surface area (Å²) in [6.45, 7) is 3.00. The number of furan rings is 1. The Hall–Kier alpha value is -1.65. The van der Waals surface area contributed by atoms with E-state index in [0.717, 1.165) is 30.8 Å². The van der Waals surface area contributed by atoms with Crippen LogP contribution in [0.1, 0.15) is 30.8 Å². The minimum Gasteiger partial charge on any atom is -0.468 e. The Kier molecular flexibility index (Phi) is 5.32. The Morgan fingerprint density at radius 2 is 2.15 bits per heavy atom. The van der Waals surface area contributed by atoms with Crippen molar-refractivity contribution in [2.75, 3.05) is 13.6 Å². The Morgan fingerprint density at radius 1 is 1.30 bits per heavy atom. The number of hydrogen-bond acceptors (Lipinski definition) is 4. The number of likely N-dealkylation sites (N-methyl/N-ethyl adjacent to an activating group) is 1. The van der Waals surface area contributed by atoms with Crippen molar-refractivity contribution in [2.45, 2.75) is 31.8 Å². The fourth-order valence-corrected chi connectivity index (χ4v) is 2.41. The van der Waals surface area contributed by atoms with Crippen molar-refractivity contribution in [3.63, 3.8) is 0 Å². The molecule has 0 saturated carbocycles. The number of pyridine rings is 1. The van der Waals surface area contributed by atoms with Crippen LogP contribution in [0.2, 0.25) is 0 Å². The van der Waals surface area contributed by atoms with E-state index in [4.69, 9.17) is 10.2 Å². The monoisotopic (exact) mass is 273 g/mol. The molecule has 20 heavy (non-hydrogen) atoms. The summed E-state index contributed by atoms with van der Waals surface area (Å²) in [5.41, 5.74) is 7.36. The maximum Gasteiger partial charge on any atom is 0.122 e. The van der Waals surface area contributed by atoms with E-state index in [1.165, 1.54) is 0 Å². The predicted molar refractivity (Wildman–Crippen MR) is 80.3 cm³/mol. The number of aromatic nitrogens is 1. The summed E-state index contributed by atoms with van der Waals surface area (Å²) in [6, 6.07) is 10.1. The van der Waals surface area contributed by atoms with E-state index in [1.54, 1.807) is 6.26 Å². The lowest BCUT2D eigenvalue weighted by Gasteiger charge is -2.30. The third-order valence-electron chi connectivity index (χ3n) is 3.63. The molecule has 0 spiro atoms. The number of rotatable bonds is 7. The Balaban J connectivity index is 2.02. The molecule has 4 nitrogen and oxygen atoms in total. The maximum atomic E-state index is 6.26. The first-order valence-electron chi connectivity index (χ1n) is 7.11. The van der Waals surface area contributed by atoms with Gasteiger partial charge in [-0.3, -0.25) is 9.88 Å². The second kappa shape index (κ2) is 7.22. The van der Waals surface area contributed by atoms with E-state index in [-0.39, 0.29) is 12.1 Å². The zero-order valence-electron chi connectivity index (χ0n) is 12.2. The zero-order valence-corrected chi connectivity index (χ0v) is 12.2. The number of nitrogens with zero attached hydrogens (tertiary/aromatic N) is 2. The molecule has 108 valence electrons. The van der Waals surface area contributed by atoms with Gasteiger partial charge in [-0.15, -0.1) is 0 Å². The van der Waals surface area contributed by atoms with Gasteiger partial charge in [0.1, 0.15) is 5.76 Å². The third-order valence-corrected chi connectivity index (χ3v) is 3.63. The molecule has 2 atom stereocenters. The topological polar surface area (TPSA) is 55.3 Å². The van der Waals surface area contributed by atoms with E-state index in [2.05, 4.69) is 29.9 Å². The SMILES string of the molecule is CCC(N)C(c1ccco1)N(C)CCc1ccccn1. The van der Waals surface area contributed by atoms with Gasteiger partial charge in [-0.25, -0.2) is 0 Å². The van der Waals surface area contributed by atoms with Crippen molar-refractivity contribution >= 4 is 0 Å². The molecule has 2 N–H and O–H groups in total. The van der Waals surface area contributed by atoms with Crippen molar-refractivity contribution in [1.29, 1.82) is 0 Å². The first-order chi connectivity index (χ1) is 9.72. The maximum absolute atomic E-state index is 6.26. The molecule has 0 radical (unpaired) electrons. The second-order valence-electron chi connectivity index (χ2n) is 5.08. The minimum absolute atomic E-state index is 0.0647. The normalized spacial score (nSPS) is 14.4. The van der Waals surface area contributed by atoms with Crippen molar-refractivity contribution in [3.05, 3.63) is 54.2 Å². The molecule has 2 aromatic rings. The lowest BCUT2D eigenvalue weighted by Crippen LogP contribution is -2.39. The van der Waals surface area contributed by atoms with Gasteiger partial charge in [0.15, 0.2) is 0 Å². The summed E-state index contributed by atoms with van der Waals surface area (Å²) in [4.78, 5) is 6.61. The van der Waals surface area contributed by atoms with Gasteiger partial charge in [-0.05, 0) is 37.7 Å². The summed E-state index contributed by atoms with van der Waals surface area (Å²) in [6.07, 6.45) is 5.36. The van der Waals surface area contributed by atoms with Gasteiger partial charge in [0.05, 0.1) is 12.3 Å². The van der Waals surface area contributed by atoms with Crippen LogP contribution >= 0.6 is 0 Å². The molecule has 2 heterocycles. The van der Waals surface area contributed by atoms with Crippen molar-refractivity contribution in [2.24, 2.45) is 5.73 Å². The van der Waals surface area contributed by atoms with Crippen LogP contribution < -0.4 is 5.73 Å². The average molecular weight is 273 g/mol.